The van der Waals surface area contributed by atoms with E-state index in [2.05, 4.69) is 38.2 Å². The zero-order chi connectivity index (χ0) is 26.6. The summed E-state index contributed by atoms with van der Waals surface area (Å²) in [6, 6.07) is 16.9. The van der Waals surface area contributed by atoms with Crippen LogP contribution >= 0.6 is 0 Å². The minimum Gasteiger partial charge on any atom is -0.481 e. The number of benzene rings is 1. The van der Waals surface area contributed by atoms with Gasteiger partial charge in [-0.25, -0.2) is 14.6 Å². The molecule has 4 aromatic rings. The standard InChI is InChI=1S/C27H27N9O2/c1-17(35-10-4-7-20(14-35)26(37)38)22-9-3-8-21(30-22)15-36-16-25(33-34-36)24-12-23(31-27(29)32-24)19-6-2-5-18(11-19)13-28/h2-3,5-6,8-9,11-12,16-17,20H,4,7,10,14-15H2,1H3,(H,37,38)(H2,29,31,32)/t17-,20-/m1/s1. The van der Waals surface area contributed by atoms with E-state index in [9.17, 15) is 15.2 Å². The fourth-order valence-corrected chi connectivity index (χ4v) is 4.72. The summed E-state index contributed by atoms with van der Waals surface area (Å²) >= 11 is 0. The van der Waals surface area contributed by atoms with Gasteiger partial charge in [0.15, 0.2) is 0 Å². The summed E-state index contributed by atoms with van der Waals surface area (Å²) in [6.07, 6.45) is 3.35. The number of rotatable bonds is 7. The number of carboxylic acids is 1. The molecule has 0 spiro atoms. The molecule has 0 radical (unpaired) electrons. The van der Waals surface area contributed by atoms with Crippen molar-refractivity contribution in [2.45, 2.75) is 32.4 Å². The third kappa shape index (κ3) is 5.50. The number of nitrogens with two attached hydrogens (primary N) is 1. The van der Waals surface area contributed by atoms with Crippen molar-refractivity contribution >= 4 is 11.9 Å². The van der Waals surface area contributed by atoms with E-state index in [0.717, 1.165) is 29.9 Å². The number of carboxylic acid groups (broad SMARTS) is 1. The summed E-state index contributed by atoms with van der Waals surface area (Å²) < 4.78 is 1.68. The number of anilines is 1. The molecular weight excluding hydrogens is 482 g/mol. The second-order valence-corrected chi connectivity index (χ2v) is 9.39. The molecule has 192 valence electrons. The number of piperidine rings is 1. The summed E-state index contributed by atoms with van der Waals surface area (Å²) in [7, 11) is 0. The molecule has 0 amide bonds. The van der Waals surface area contributed by atoms with E-state index in [1.54, 1.807) is 35.1 Å². The van der Waals surface area contributed by atoms with Crippen molar-refractivity contribution in [1.29, 1.82) is 5.26 Å². The predicted molar refractivity (Wildman–Crippen MR) is 139 cm³/mol. The molecular formula is C27H27N9O2. The van der Waals surface area contributed by atoms with Crippen LogP contribution in [-0.2, 0) is 11.3 Å². The Morgan fingerprint density at radius 2 is 1.97 bits per heavy atom. The third-order valence-electron chi connectivity index (χ3n) is 6.76. The number of hydrogen-bond acceptors (Lipinski definition) is 9. The fraction of sp³-hybridized carbons (Fsp3) is 0.296. The van der Waals surface area contributed by atoms with E-state index >= 15 is 0 Å². The number of nitrogen functional groups attached to an aromatic ring is 1. The van der Waals surface area contributed by atoms with Gasteiger partial charge in [-0.15, -0.1) is 5.10 Å². The highest BCUT2D eigenvalue weighted by Crippen LogP contribution is 2.27. The Morgan fingerprint density at radius 3 is 2.79 bits per heavy atom. The van der Waals surface area contributed by atoms with Crippen molar-refractivity contribution in [2.24, 2.45) is 5.92 Å². The van der Waals surface area contributed by atoms with Crippen LogP contribution in [-0.4, -0.2) is 59.0 Å². The molecule has 1 saturated heterocycles. The average Bonchev–Trinajstić information content (AvgIpc) is 3.41. The molecule has 0 saturated carbocycles. The lowest BCUT2D eigenvalue weighted by atomic mass is 9.96. The first-order valence-electron chi connectivity index (χ1n) is 12.4. The lowest BCUT2D eigenvalue weighted by molar-refractivity contribution is -0.143. The van der Waals surface area contributed by atoms with Crippen LogP contribution in [0.3, 0.4) is 0 Å². The van der Waals surface area contributed by atoms with Crippen LogP contribution in [0.4, 0.5) is 5.95 Å². The van der Waals surface area contributed by atoms with Gasteiger partial charge < -0.3 is 10.8 Å². The van der Waals surface area contributed by atoms with Crippen molar-refractivity contribution in [1.82, 2.24) is 34.8 Å². The summed E-state index contributed by atoms with van der Waals surface area (Å²) in [6.45, 7) is 3.85. The third-order valence-corrected chi connectivity index (χ3v) is 6.76. The van der Waals surface area contributed by atoms with Crippen LogP contribution in [0.2, 0.25) is 0 Å². The maximum Gasteiger partial charge on any atom is 0.307 e. The van der Waals surface area contributed by atoms with Gasteiger partial charge in [0.25, 0.3) is 0 Å². The number of carbonyl (C=O) groups is 1. The Kier molecular flexibility index (Phi) is 7.06. The van der Waals surface area contributed by atoms with E-state index < -0.39 is 5.97 Å². The largest absolute Gasteiger partial charge is 0.481 e. The van der Waals surface area contributed by atoms with Crippen LogP contribution in [0.1, 0.15) is 42.8 Å². The molecule has 11 heteroatoms. The van der Waals surface area contributed by atoms with Gasteiger partial charge in [0.1, 0.15) is 5.69 Å². The van der Waals surface area contributed by atoms with E-state index in [4.69, 9.17) is 10.7 Å². The number of nitrogens with zero attached hydrogens (tertiary/aromatic N) is 8. The van der Waals surface area contributed by atoms with Gasteiger partial charge in [0, 0.05) is 18.2 Å². The number of hydrogen-bond donors (Lipinski definition) is 2. The van der Waals surface area contributed by atoms with Crippen LogP contribution in [0.25, 0.3) is 22.6 Å². The number of nitriles is 1. The lowest BCUT2D eigenvalue weighted by Crippen LogP contribution is -2.40. The Morgan fingerprint density at radius 1 is 1.16 bits per heavy atom. The topological polar surface area (TPSA) is 160 Å². The molecule has 0 unspecified atom stereocenters. The van der Waals surface area contributed by atoms with Crippen LogP contribution in [0.15, 0.2) is 54.7 Å². The Balaban J connectivity index is 1.33. The van der Waals surface area contributed by atoms with Crippen molar-refractivity contribution in [3.63, 3.8) is 0 Å². The Labute approximate surface area is 219 Å². The molecule has 4 heterocycles. The first kappa shape index (κ1) is 25.0. The molecule has 1 aromatic carbocycles. The first-order valence-corrected chi connectivity index (χ1v) is 12.4. The van der Waals surface area contributed by atoms with Crippen LogP contribution in [0.5, 0.6) is 0 Å². The van der Waals surface area contributed by atoms with E-state index in [1.807, 2.05) is 24.3 Å². The smallest absolute Gasteiger partial charge is 0.307 e. The molecule has 11 nitrogen and oxygen atoms in total. The SMILES string of the molecule is C[C@H](c1cccc(Cn2cc(-c3cc(-c4cccc(C#N)c4)nc(N)n3)nn2)n1)N1CCC[C@@H](C(=O)O)C1. The number of aromatic nitrogens is 6. The minimum atomic E-state index is -0.737. The molecule has 2 atom stereocenters. The first-order chi connectivity index (χ1) is 18.4. The fourth-order valence-electron chi connectivity index (χ4n) is 4.72. The van der Waals surface area contributed by atoms with Gasteiger partial charge >= 0.3 is 5.97 Å². The van der Waals surface area contributed by atoms with E-state index in [1.165, 1.54) is 0 Å². The minimum absolute atomic E-state index is 0.00496. The van der Waals surface area contributed by atoms with Crippen molar-refractivity contribution < 1.29 is 9.90 Å². The molecule has 1 aliphatic heterocycles. The van der Waals surface area contributed by atoms with Gasteiger partial charge in [0.2, 0.25) is 5.95 Å². The highest BCUT2D eigenvalue weighted by molar-refractivity contribution is 5.70. The maximum atomic E-state index is 11.5. The van der Waals surface area contributed by atoms with Gasteiger partial charge in [-0.3, -0.25) is 14.7 Å². The molecule has 3 N–H and O–H groups in total. The molecule has 1 aliphatic rings. The summed E-state index contributed by atoms with van der Waals surface area (Å²) in [5.74, 6) is -0.978. The highest BCUT2D eigenvalue weighted by atomic mass is 16.4. The van der Waals surface area contributed by atoms with Crippen LogP contribution in [0, 0.1) is 17.2 Å². The second kappa shape index (κ2) is 10.7. The zero-order valence-corrected chi connectivity index (χ0v) is 20.9. The van der Waals surface area contributed by atoms with E-state index in [-0.39, 0.29) is 17.9 Å². The maximum absolute atomic E-state index is 11.5. The number of pyridine rings is 1. The normalized spacial score (nSPS) is 16.6. The highest BCUT2D eigenvalue weighted by Gasteiger charge is 2.29. The monoisotopic (exact) mass is 509 g/mol. The molecule has 38 heavy (non-hydrogen) atoms. The van der Waals surface area contributed by atoms with Crippen molar-refractivity contribution in [3.8, 4) is 28.7 Å². The summed E-state index contributed by atoms with van der Waals surface area (Å²) in [5.41, 5.74) is 10.6. The quantitative estimate of drug-likeness (QED) is 0.379. The number of aliphatic carboxylic acids is 1. The molecule has 0 bridgehead atoms. The molecule has 1 fully saturated rings. The number of likely N-dealkylation sites (tertiary alicyclic amines) is 1. The molecule has 3 aromatic heterocycles. The second-order valence-electron chi connectivity index (χ2n) is 9.39. The summed E-state index contributed by atoms with van der Waals surface area (Å²) in [5, 5.41) is 27.2. The van der Waals surface area contributed by atoms with Gasteiger partial charge in [-0.2, -0.15) is 5.26 Å². The van der Waals surface area contributed by atoms with Crippen LogP contribution < -0.4 is 5.73 Å². The van der Waals surface area contributed by atoms with E-state index in [0.29, 0.717) is 42.2 Å². The van der Waals surface area contributed by atoms with Crippen molar-refractivity contribution in [2.75, 3.05) is 18.8 Å². The van der Waals surface area contributed by atoms with Crippen molar-refractivity contribution in [3.05, 3.63) is 71.7 Å². The average molecular weight is 510 g/mol. The molecule has 5 rings (SSSR count). The zero-order valence-electron chi connectivity index (χ0n) is 20.9. The predicted octanol–water partition coefficient (Wildman–Crippen LogP) is 3.16. The van der Waals surface area contributed by atoms with Gasteiger partial charge in [0.05, 0.1) is 53.1 Å². The Hall–Kier alpha value is -4.69. The Bertz CT molecular complexity index is 1510. The molecule has 0 aliphatic carbocycles. The lowest BCUT2D eigenvalue weighted by Gasteiger charge is -2.35. The van der Waals surface area contributed by atoms with Gasteiger partial charge in [-0.1, -0.05) is 23.4 Å². The summed E-state index contributed by atoms with van der Waals surface area (Å²) in [4.78, 5) is 27.1. The van der Waals surface area contributed by atoms with Gasteiger partial charge in [-0.05, 0) is 56.6 Å².